The molecule has 160 valence electrons. The summed E-state index contributed by atoms with van der Waals surface area (Å²) in [5, 5.41) is 3.46. The van der Waals surface area contributed by atoms with Gasteiger partial charge in [-0.25, -0.2) is 0 Å². The topological polar surface area (TPSA) is 39.7 Å². The van der Waals surface area contributed by atoms with Crippen molar-refractivity contribution in [3.05, 3.63) is 87.4 Å². The molecule has 3 aromatic rings. The summed E-state index contributed by atoms with van der Waals surface area (Å²) in [6.45, 7) is 4.06. The second kappa shape index (κ2) is 11.8. The highest BCUT2D eigenvalue weighted by Crippen LogP contribution is 2.37. The Balaban J connectivity index is 0.00000320. The van der Waals surface area contributed by atoms with E-state index in [4.69, 9.17) is 14.2 Å². The fourth-order valence-corrected chi connectivity index (χ4v) is 3.55. The third kappa shape index (κ3) is 6.66. The highest BCUT2D eigenvalue weighted by atomic mass is 79.9. The second-order valence-electron chi connectivity index (χ2n) is 6.83. The Morgan fingerprint density at radius 3 is 2.07 bits per heavy atom. The fourth-order valence-electron chi connectivity index (χ4n) is 2.95. The molecule has 6 heteroatoms. The number of aryl methyl sites for hydroxylation is 1. The lowest BCUT2D eigenvalue weighted by atomic mass is 10.1. The van der Waals surface area contributed by atoms with Crippen molar-refractivity contribution in [2.24, 2.45) is 0 Å². The van der Waals surface area contributed by atoms with Gasteiger partial charge in [0.25, 0.3) is 0 Å². The molecule has 0 heterocycles. The van der Waals surface area contributed by atoms with Gasteiger partial charge in [0, 0.05) is 13.1 Å². The number of rotatable bonds is 9. The Morgan fingerprint density at radius 1 is 0.800 bits per heavy atom. The Labute approximate surface area is 193 Å². The molecular weight excluding hydrogens is 466 g/mol. The zero-order chi connectivity index (χ0) is 20.6. The smallest absolute Gasteiger partial charge is 0.175 e. The van der Waals surface area contributed by atoms with Crippen molar-refractivity contribution in [3.63, 3.8) is 0 Å². The van der Waals surface area contributed by atoms with Crippen molar-refractivity contribution in [2.45, 2.75) is 26.6 Å². The van der Waals surface area contributed by atoms with E-state index in [1.54, 1.807) is 14.2 Å². The third-order valence-electron chi connectivity index (χ3n) is 4.61. The molecule has 3 aromatic carbocycles. The lowest BCUT2D eigenvalue weighted by molar-refractivity contribution is 0.282. The van der Waals surface area contributed by atoms with E-state index in [9.17, 15) is 0 Å². The molecule has 1 N–H and O–H groups in total. The number of hydrogen-bond acceptors (Lipinski definition) is 4. The van der Waals surface area contributed by atoms with Crippen LogP contribution in [0.3, 0.4) is 0 Å². The van der Waals surface area contributed by atoms with Crippen molar-refractivity contribution in [1.29, 1.82) is 0 Å². The Hall–Kier alpha value is -2.21. The average Bonchev–Trinajstić information content (AvgIpc) is 2.74. The van der Waals surface area contributed by atoms with Gasteiger partial charge in [0.15, 0.2) is 11.5 Å². The van der Waals surface area contributed by atoms with Crippen molar-refractivity contribution < 1.29 is 14.2 Å². The quantitative estimate of drug-likeness (QED) is 0.394. The Kier molecular flexibility index (Phi) is 9.50. The van der Waals surface area contributed by atoms with Crippen LogP contribution in [0.4, 0.5) is 0 Å². The molecule has 0 aliphatic heterocycles. The van der Waals surface area contributed by atoms with Crippen molar-refractivity contribution >= 4 is 28.3 Å². The molecule has 0 aliphatic carbocycles. The minimum absolute atomic E-state index is 0. The first kappa shape index (κ1) is 24.1. The molecule has 3 rings (SSSR count). The predicted molar refractivity (Wildman–Crippen MR) is 127 cm³/mol. The molecule has 0 aromatic heterocycles. The van der Waals surface area contributed by atoms with E-state index < -0.39 is 0 Å². The first-order valence-electron chi connectivity index (χ1n) is 9.47. The zero-order valence-corrected chi connectivity index (χ0v) is 19.8. The molecule has 0 saturated carbocycles. The van der Waals surface area contributed by atoms with Crippen molar-refractivity contribution in [3.8, 4) is 17.2 Å². The van der Waals surface area contributed by atoms with E-state index in [0.717, 1.165) is 34.4 Å². The summed E-state index contributed by atoms with van der Waals surface area (Å²) in [6, 6.07) is 20.5. The van der Waals surface area contributed by atoms with Gasteiger partial charge in [-0.2, -0.15) is 0 Å². The largest absolute Gasteiger partial charge is 0.497 e. The zero-order valence-electron chi connectivity index (χ0n) is 17.4. The summed E-state index contributed by atoms with van der Waals surface area (Å²) in [5.74, 6) is 2.29. The first-order valence-corrected chi connectivity index (χ1v) is 10.3. The number of nitrogens with one attached hydrogen (secondary N) is 1. The van der Waals surface area contributed by atoms with Crippen LogP contribution in [0.15, 0.2) is 65.1 Å². The lowest BCUT2D eigenvalue weighted by Gasteiger charge is -2.15. The first-order chi connectivity index (χ1) is 14.1. The van der Waals surface area contributed by atoms with Crippen molar-refractivity contribution in [1.82, 2.24) is 5.32 Å². The summed E-state index contributed by atoms with van der Waals surface area (Å²) in [5.41, 5.74) is 4.67. The van der Waals surface area contributed by atoms with Crippen molar-refractivity contribution in [2.75, 3.05) is 14.2 Å². The summed E-state index contributed by atoms with van der Waals surface area (Å²) in [7, 11) is 3.34. The SMILES string of the molecule is COc1ccc(CNCc2cc(Br)c(OCc3ccc(C)cc3)c(OC)c2)cc1.Cl. The van der Waals surface area contributed by atoms with Crippen LogP contribution in [0.1, 0.15) is 22.3 Å². The van der Waals surface area contributed by atoms with Gasteiger partial charge in [0.05, 0.1) is 18.7 Å². The molecule has 0 bridgehead atoms. The molecule has 0 unspecified atom stereocenters. The monoisotopic (exact) mass is 491 g/mol. The average molecular weight is 493 g/mol. The normalized spacial score (nSPS) is 10.3. The van der Waals surface area contributed by atoms with Gasteiger partial charge in [0.2, 0.25) is 0 Å². The molecule has 0 spiro atoms. The summed E-state index contributed by atoms with van der Waals surface area (Å²) in [4.78, 5) is 0. The fraction of sp³-hybridized carbons (Fsp3) is 0.250. The van der Waals surface area contributed by atoms with Crippen LogP contribution in [0.25, 0.3) is 0 Å². The van der Waals surface area contributed by atoms with E-state index in [1.165, 1.54) is 11.1 Å². The summed E-state index contributed by atoms with van der Waals surface area (Å²) < 4.78 is 17.7. The molecule has 0 atom stereocenters. The highest BCUT2D eigenvalue weighted by molar-refractivity contribution is 9.10. The molecule has 0 saturated heterocycles. The maximum Gasteiger partial charge on any atom is 0.175 e. The van der Waals surface area contributed by atoms with Gasteiger partial charge < -0.3 is 19.5 Å². The standard InChI is InChI=1S/C24H26BrNO3.ClH/c1-17-4-6-19(7-5-17)16-29-24-22(25)12-20(13-23(24)28-3)15-26-14-18-8-10-21(27-2)11-9-18;/h4-13,26H,14-16H2,1-3H3;1H. The number of ether oxygens (including phenoxy) is 3. The minimum atomic E-state index is 0. The number of halogens is 2. The Bertz CT molecular complexity index is 930. The molecule has 0 aliphatic rings. The summed E-state index contributed by atoms with van der Waals surface area (Å²) in [6.07, 6.45) is 0. The van der Waals surface area contributed by atoms with Gasteiger partial charge in [-0.05, 0) is 63.8 Å². The van der Waals surface area contributed by atoms with E-state index in [-0.39, 0.29) is 12.4 Å². The van der Waals surface area contributed by atoms with Crippen LogP contribution in [0, 0.1) is 6.92 Å². The van der Waals surface area contributed by atoms with E-state index >= 15 is 0 Å². The minimum Gasteiger partial charge on any atom is -0.497 e. The molecule has 0 fully saturated rings. The Morgan fingerprint density at radius 2 is 1.43 bits per heavy atom. The van der Waals surface area contributed by atoms with E-state index in [2.05, 4.69) is 70.6 Å². The van der Waals surface area contributed by atoms with Gasteiger partial charge in [-0.15, -0.1) is 12.4 Å². The number of benzene rings is 3. The van der Waals surface area contributed by atoms with E-state index in [0.29, 0.717) is 18.1 Å². The highest BCUT2D eigenvalue weighted by Gasteiger charge is 2.12. The summed E-state index contributed by atoms with van der Waals surface area (Å²) >= 11 is 3.63. The van der Waals surface area contributed by atoms with Gasteiger partial charge >= 0.3 is 0 Å². The van der Waals surface area contributed by atoms with Crippen LogP contribution >= 0.6 is 28.3 Å². The number of methoxy groups -OCH3 is 2. The predicted octanol–water partition coefficient (Wildman–Crippen LogP) is 6.07. The molecular formula is C24H27BrClNO3. The maximum atomic E-state index is 6.03. The maximum absolute atomic E-state index is 6.03. The molecule has 0 amide bonds. The van der Waals surface area contributed by atoms with Crippen LogP contribution in [0.5, 0.6) is 17.2 Å². The van der Waals surface area contributed by atoms with Gasteiger partial charge in [-0.1, -0.05) is 42.0 Å². The third-order valence-corrected chi connectivity index (χ3v) is 5.20. The van der Waals surface area contributed by atoms with Crippen LogP contribution in [-0.2, 0) is 19.7 Å². The molecule has 4 nitrogen and oxygen atoms in total. The van der Waals surface area contributed by atoms with Gasteiger partial charge in [-0.3, -0.25) is 0 Å². The molecule has 30 heavy (non-hydrogen) atoms. The second-order valence-corrected chi connectivity index (χ2v) is 7.69. The molecule has 0 radical (unpaired) electrons. The van der Waals surface area contributed by atoms with E-state index in [1.807, 2.05) is 18.2 Å². The number of hydrogen-bond donors (Lipinski definition) is 1. The van der Waals surface area contributed by atoms with Crippen LogP contribution < -0.4 is 19.5 Å². The van der Waals surface area contributed by atoms with Crippen LogP contribution in [-0.4, -0.2) is 14.2 Å². The lowest BCUT2D eigenvalue weighted by Crippen LogP contribution is -2.13. The van der Waals surface area contributed by atoms with Crippen LogP contribution in [0.2, 0.25) is 0 Å². The van der Waals surface area contributed by atoms with Gasteiger partial charge in [0.1, 0.15) is 12.4 Å².